The van der Waals surface area contributed by atoms with Crippen LogP contribution in [0.15, 0.2) is 65.1 Å². The molecule has 1 heterocycles. The number of rotatable bonds is 3. The fourth-order valence-electron chi connectivity index (χ4n) is 1.88. The molecule has 0 amide bonds. The van der Waals surface area contributed by atoms with Crippen molar-refractivity contribution in [1.29, 1.82) is 5.41 Å². The van der Waals surface area contributed by atoms with E-state index in [1.165, 1.54) is 0 Å². The topological polar surface area (TPSA) is 54.8 Å². The largest absolute Gasteiger partial charge is 0.404 e. The molecule has 0 aliphatic rings. The van der Waals surface area contributed by atoms with Crippen molar-refractivity contribution >= 4 is 0 Å². The van der Waals surface area contributed by atoms with E-state index in [0.717, 1.165) is 11.1 Å². The summed E-state index contributed by atoms with van der Waals surface area (Å²) in [6.07, 6.45) is 0. The van der Waals surface area contributed by atoms with Gasteiger partial charge in [-0.25, -0.2) is 10.1 Å². The Morgan fingerprint density at radius 3 is 2.26 bits per heavy atom. The molecule has 19 heavy (non-hydrogen) atoms. The summed E-state index contributed by atoms with van der Waals surface area (Å²) in [4.78, 5) is 0. The first-order valence-corrected chi connectivity index (χ1v) is 6.05. The van der Waals surface area contributed by atoms with Crippen molar-refractivity contribution in [2.75, 3.05) is 0 Å². The van der Waals surface area contributed by atoms with Gasteiger partial charge in [0.2, 0.25) is 5.89 Å². The molecule has 2 aromatic carbocycles. The van der Waals surface area contributed by atoms with Crippen LogP contribution in [0.25, 0.3) is 11.5 Å². The van der Waals surface area contributed by atoms with Crippen LogP contribution in [0, 0.1) is 5.41 Å². The van der Waals surface area contributed by atoms with Gasteiger partial charge in [-0.3, -0.25) is 0 Å². The molecule has 0 saturated heterocycles. The minimum atomic E-state index is 0.0581. The van der Waals surface area contributed by atoms with Crippen LogP contribution in [0.3, 0.4) is 0 Å². The Morgan fingerprint density at radius 1 is 0.947 bits per heavy atom. The summed E-state index contributed by atoms with van der Waals surface area (Å²) in [5.41, 5.74) is 2.03. The van der Waals surface area contributed by atoms with E-state index in [9.17, 15) is 0 Å². The predicted molar refractivity (Wildman–Crippen MR) is 71.3 cm³/mol. The normalized spacial score (nSPS) is 10.5. The molecule has 3 aromatic rings. The third-order valence-electron chi connectivity index (χ3n) is 2.84. The molecule has 0 aliphatic carbocycles. The third kappa shape index (κ3) is 2.47. The van der Waals surface area contributed by atoms with E-state index in [4.69, 9.17) is 9.83 Å². The lowest BCUT2D eigenvalue weighted by Crippen LogP contribution is -2.16. The average molecular weight is 251 g/mol. The van der Waals surface area contributed by atoms with Gasteiger partial charge in [-0.05, 0) is 17.7 Å². The molecule has 0 atom stereocenters. The van der Waals surface area contributed by atoms with Gasteiger partial charge in [0.1, 0.15) is 0 Å². The van der Waals surface area contributed by atoms with Gasteiger partial charge in [-0.2, -0.15) is 0 Å². The Morgan fingerprint density at radius 2 is 1.58 bits per heavy atom. The molecule has 94 valence electrons. The lowest BCUT2D eigenvalue weighted by molar-refractivity contribution is 0.465. The molecule has 0 radical (unpaired) electrons. The van der Waals surface area contributed by atoms with Gasteiger partial charge >= 0.3 is 5.68 Å². The van der Waals surface area contributed by atoms with Gasteiger partial charge in [0.25, 0.3) is 0 Å². The SMILES string of the molecule is N=c1oc(-c2ccccc2)nn1Cc1ccccc1. The Balaban J connectivity index is 1.93. The summed E-state index contributed by atoms with van der Waals surface area (Å²) in [5, 5.41) is 12.2. The lowest BCUT2D eigenvalue weighted by Gasteiger charge is -1.98. The fraction of sp³-hybridized carbons (Fsp3) is 0.0667. The van der Waals surface area contributed by atoms with Crippen molar-refractivity contribution in [3.8, 4) is 11.5 Å². The number of hydrogen-bond donors (Lipinski definition) is 1. The smallest absolute Gasteiger partial charge is 0.312 e. The highest BCUT2D eigenvalue weighted by Crippen LogP contribution is 2.14. The quantitative estimate of drug-likeness (QED) is 0.778. The molecule has 0 saturated carbocycles. The zero-order valence-corrected chi connectivity index (χ0v) is 10.3. The van der Waals surface area contributed by atoms with E-state index < -0.39 is 0 Å². The number of nitrogens with zero attached hydrogens (tertiary/aromatic N) is 2. The fourth-order valence-corrected chi connectivity index (χ4v) is 1.88. The van der Waals surface area contributed by atoms with Crippen molar-refractivity contribution in [1.82, 2.24) is 9.78 Å². The monoisotopic (exact) mass is 251 g/mol. The van der Waals surface area contributed by atoms with Gasteiger partial charge in [0.05, 0.1) is 6.54 Å². The van der Waals surface area contributed by atoms with E-state index in [2.05, 4.69) is 5.10 Å². The second-order valence-electron chi connectivity index (χ2n) is 4.22. The van der Waals surface area contributed by atoms with Crippen LogP contribution >= 0.6 is 0 Å². The van der Waals surface area contributed by atoms with Crippen LogP contribution in [0.1, 0.15) is 5.56 Å². The molecule has 1 N–H and O–H groups in total. The molecular formula is C15H13N3O. The average Bonchev–Trinajstić information content (AvgIpc) is 2.82. The first kappa shape index (κ1) is 11.5. The molecule has 1 aromatic heterocycles. The highest BCUT2D eigenvalue weighted by Gasteiger charge is 2.07. The van der Waals surface area contributed by atoms with E-state index in [0.29, 0.717) is 12.4 Å². The minimum Gasteiger partial charge on any atom is -0.404 e. The van der Waals surface area contributed by atoms with Gasteiger partial charge in [-0.1, -0.05) is 48.5 Å². The molecule has 0 unspecified atom stereocenters. The van der Waals surface area contributed by atoms with E-state index in [1.54, 1.807) is 4.68 Å². The second kappa shape index (κ2) is 4.94. The third-order valence-corrected chi connectivity index (χ3v) is 2.84. The first-order valence-electron chi connectivity index (χ1n) is 6.05. The summed E-state index contributed by atoms with van der Waals surface area (Å²) in [5.74, 6) is 0.474. The maximum absolute atomic E-state index is 7.82. The molecule has 4 heteroatoms. The van der Waals surface area contributed by atoms with Crippen LogP contribution < -0.4 is 5.68 Å². The second-order valence-corrected chi connectivity index (χ2v) is 4.22. The molecule has 0 fully saturated rings. The summed E-state index contributed by atoms with van der Waals surface area (Å²) in [7, 11) is 0. The number of aromatic nitrogens is 2. The molecule has 0 spiro atoms. The van der Waals surface area contributed by atoms with Crippen LogP contribution in [0.2, 0.25) is 0 Å². The summed E-state index contributed by atoms with van der Waals surface area (Å²) >= 11 is 0. The first-order chi connectivity index (χ1) is 9.33. The van der Waals surface area contributed by atoms with Crippen molar-refractivity contribution in [3.63, 3.8) is 0 Å². The zero-order valence-electron chi connectivity index (χ0n) is 10.3. The van der Waals surface area contributed by atoms with Gasteiger partial charge in [-0.15, -0.1) is 5.10 Å². The van der Waals surface area contributed by atoms with Gasteiger partial charge in [0.15, 0.2) is 0 Å². The minimum absolute atomic E-state index is 0.0581. The highest BCUT2D eigenvalue weighted by molar-refractivity contribution is 5.51. The Kier molecular flexibility index (Phi) is 2.98. The number of nitrogens with one attached hydrogen (secondary N) is 1. The van der Waals surface area contributed by atoms with Crippen LogP contribution in [-0.2, 0) is 6.54 Å². The highest BCUT2D eigenvalue weighted by atomic mass is 16.4. The molecule has 3 rings (SSSR count). The number of hydrogen-bond acceptors (Lipinski definition) is 3. The molecule has 4 nitrogen and oxygen atoms in total. The van der Waals surface area contributed by atoms with Crippen LogP contribution in [-0.4, -0.2) is 9.78 Å². The van der Waals surface area contributed by atoms with Crippen molar-refractivity contribution < 1.29 is 4.42 Å². The van der Waals surface area contributed by atoms with Crippen LogP contribution in [0.5, 0.6) is 0 Å². The lowest BCUT2D eigenvalue weighted by atomic mass is 10.2. The Labute approximate surface area is 110 Å². The van der Waals surface area contributed by atoms with Crippen molar-refractivity contribution in [2.24, 2.45) is 0 Å². The number of benzene rings is 2. The molecule has 0 bridgehead atoms. The zero-order chi connectivity index (χ0) is 13.1. The standard InChI is InChI=1S/C15H13N3O/c16-15-18(11-12-7-3-1-4-8-12)17-14(19-15)13-9-5-2-6-10-13/h1-10,16H,11H2. The van der Waals surface area contributed by atoms with Gasteiger partial charge in [0, 0.05) is 5.56 Å². The maximum Gasteiger partial charge on any atom is 0.312 e. The van der Waals surface area contributed by atoms with Gasteiger partial charge < -0.3 is 4.42 Å². The van der Waals surface area contributed by atoms with Crippen molar-refractivity contribution in [2.45, 2.75) is 6.54 Å². The summed E-state index contributed by atoms with van der Waals surface area (Å²) < 4.78 is 6.94. The van der Waals surface area contributed by atoms with E-state index in [-0.39, 0.29) is 5.68 Å². The Hall–Kier alpha value is -2.62. The van der Waals surface area contributed by atoms with E-state index >= 15 is 0 Å². The van der Waals surface area contributed by atoms with Crippen molar-refractivity contribution in [3.05, 3.63) is 71.9 Å². The summed E-state index contributed by atoms with van der Waals surface area (Å²) in [6, 6.07) is 19.5. The summed E-state index contributed by atoms with van der Waals surface area (Å²) in [6.45, 7) is 0.538. The molecular weight excluding hydrogens is 238 g/mol. The maximum atomic E-state index is 7.82. The Bertz CT molecular complexity index is 714. The van der Waals surface area contributed by atoms with E-state index in [1.807, 2.05) is 60.7 Å². The molecule has 0 aliphatic heterocycles. The predicted octanol–water partition coefficient (Wildman–Crippen LogP) is 2.67. The van der Waals surface area contributed by atoms with Crippen LogP contribution in [0.4, 0.5) is 0 Å².